The molecule has 0 spiro atoms. The molecular weight excluding hydrogens is 280 g/mol. The molecule has 2 saturated heterocycles. The summed E-state index contributed by atoms with van der Waals surface area (Å²) in [5.74, 6) is 0.0931. The molecule has 7 heteroatoms. The normalized spacial score (nSPS) is 35.2. The number of fused-ring (bicyclic) bond motifs is 1. The Hall–Kier alpha value is -1.05. The third kappa shape index (κ3) is 2.04. The number of thioether (sulfide) groups is 1. The number of aromatic amines is 1. The zero-order chi connectivity index (χ0) is 14.7. The number of H-pyrrole nitrogens is 1. The van der Waals surface area contributed by atoms with Crippen LogP contribution in [0, 0.1) is 6.92 Å². The van der Waals surface area contributed by atoms with E-state index in [0.29, 0.717) is 5.56 Å². The lowest BCUT2D eigenvalue weighted by Gasteiger charge is -2.23. The molecule has 0 aromatic carbocycles. The standard InChI is InChI=1S/C13H18N2O4S/c1-7-5-15(11(17)14-9(7)16)10-8-13(4,6-20-10)19-12(2,3)18-8/h5,8,10H,6H2,1-4H3,(H,14,16,17)/t8-,10+,13+/m1/s1. The van der Waals surface area contributed by atoms with Gasteiger partial charge in [-0.05, 0) is 27.7 Å². The molecule has 1 aromatic rings. The second-order valence-electron chi connectivity index (χ2n) is 6.03. The number of rotatable bonds is 1. The van der Waals surface area contributed by atoms with E-state index in [1.165, 1.54) is 0 Å². The van der Waals surface area contributed by atoms with Crippen molar-refractivity contribution in [1.29, 1.82) is 0 Å². The van der Waals surface area contributed by atoms with E-state index >= 15 is 0 Å². The van der Waals surface area contributed by atoms with Crippen LogP contribution >= 0.6 is 11.8 Å². The van der Waals surface area contributed by atoms with Gasteiger partial charge >= 0.3 is 5.69 Å². The third-order valence-electron chi connectivity index (χ3n) is 3.71. The summed E-state index contributed by atoms with van der Waals surface area (Å²) in [6.07, 6.45) is 1.38. The smallest absolute Gasteiger partial charge is 0.329 e. The van der Waals surface area contributed by atoms with Crippen molar-refractivity contribution >= 4 is 11.8 Å². The predicted octanol–water partition coefficient (Wildman–Crippen LogP) is 1.00. The topological polar surface area (TPSA) is 73.3 Å². The van der Waals surface area contributed by atoms with Crippen LogP contribution in [0.15, 0.2) is 15.8 Å². The molecule has 0 unspecified atom stereocenters. The number of aryl methyl sites for hydroxylation is 1. The maximum atomic E-state index is 12.0. The molecule has 20 heavy (non-hydrogen) atoms. The van der Waals surface area contributed by atoms with Gasteiger partial charge in [0.2, 0.25) is 0 Å². The molecule has 6 nitrogen and oxygen atoms in total. The minimum atomic E-state index is -0.653. The SMILES string of the molecule is Cc1cn([C@H]2SC[C@]3(C)OC(C)(C)O[C@H]23)c(=O)[nH]c1=O. The van der Waals surface area contributed by atoms with Crippen LogP contribution in [-0.4, -0.2) is 32.8 Å². The summed E-state index contributed by atoms with van der Waals surface area (Å²) in [5, 5.41) is -0.190. The minimum Gasteiger partial charge on any atom is -0.341 e. The Bertz CT molecular complexity index is 665. The zero-order valence-electron chi connectivity index (χ0n) is 11.9. The lowest BCUT2D eigenvalue weighted by Crippen LogP contribution is -2.40. The van der Waals surface area contributed by atoms with Crippen molar-refractivity contribution in [1.82, 2.24) is 9.55 Å². The molecule has 3 atom stereocenters. The van der Waals surface area contributed by atoms with E-state index < -0.39 is 17.1 Å². The van der Waals surface area contributed by atoms with Gasteiger partial charge in [-0.1, -0.05) is 0 Å². The molecular formula is C13H18N2O4S. The van der Waals surface area contributed by atoms with Gasteiger partial charge in [-0.15, -0.1) is 11.8 Å². The van der Waals surface area contributed by atoms with Crippen LogP contribution in [-0.2, 0) is 9.47 Å². The summed E-state index contributed by atoms with van der Waals surface area (Å²) in [5.41, 5.74) is -0.656. The van der Waals surface area contributed by atoms with E-state index in [4.69, 9.17) is 9.47 Å². The number of aromatic nitrogens is 2. The van der Waals surface area contributed by atoms with Gasteiger partial charge in [-0.3, -0.25) is 14.3 Å². The quantitative estimate of drug-likeness (QED) is 0.837. The van der Waals surface area contributed by atoms with Crippen LogP contribution in [0.2, 0.25) is 0 Å². The summed E-state index contributed by atoms with van der Waals surface area (Å²) in [7, 11) is 0. The maximum absolute atomic E-state index is 12.0. The molecule has 2 fully saturated rings. The molecule has 0 amide bonds. The van der Waals surface area contributed by atoms with Gasteiger partial charge in [0.05, 0.1) is 0 Å². The number of ether oxygens (including phenoxy) is 2. The van der Waals surface area contributed by atoms with E-state index in [-0.39, 0.29) is 17.0 Å². The molecule has 1 N–H and O–H groups in total. The van der Waals surface area contributed by atoms with Crippen molar-refractivity contribution in [3.8, 4) is 0 Å². The first-order chi connectivity index (χ1) is 9.22. The molecule has 2 aliphatic rings. The average molecular weight is 298 g/mol. The van der Waals surface area contributed by atoms with Crippen molar-refractivity contribution in [2.24, 2.45) is 0 Å². The van der Waals surface area contributed by atoms with Gasteiger partial charge in [0.1, 0.15) is 17.1 Å². The Kier molecular flexibility index (Phi) is 2.94. The molecule has 0 saturated carbocycles. The van der Waals surface area contributed by atoms with Crippen LogP contribution in [0.3, 0.4) is 0 Å². The van der Waals surface area contributed by atoms with Gasteiger partial charge < -0.3 is 9.47 Å². The van der Waals surface area contributed by atoms with Crippen LogP contribution in [0.4, 0.5) is 0 Å². The summed E-state index contributed by atoms with van der Waals surface area (Å²) < 4.78 is 13.5. The Balaban J connectivity index is 2.03. The summed E-state index contributed by atoms with van der Waals surface area (Å²) in [6, 6.07) is 0. The highest BCUT2D eigenvalue weighted by molar-refractivity contribution is 7.99. The monoisotopic (exact) mass is 298 g/mol. The van der Waals surface area contributed by atoms with Crippen LogP contribution in [0.25, 0.3) is 0 Å². The number of nitrogens with one attached hydrogen (secondary N) is 1. The molecule has 3 rings (SSSR count). The fourth-order valence-corrected chi connectivity index (χ4v) is 4.45. The predicted molar refractivity (Wildman–Crippen MR) is 76.0 cm³/mol. The molecule has 2 aliphatic heterocycles. The molecule has 0 radical (unpaired) electrons. The van der Waals surface area contributed by atoms with Crippen molar-refractivity contribution in [2.45, 2.75) is 50.6 Å². The Morgan fingerprint density at radius 1 is 1.40 bits per heavy atom. The Morgan fingerprint density at radius 2 is 2.10 bits per heavy atom. The van der Waals surface area contributed by atoms with Gasteiger partial charge in [0.15, 0.2) is 5.79 Å². The largest absolute Gasteiger partial charge is 0.341 e. The van der Waals surface area contributed by atoms with E-state index in [2.05, 4.69) is 4.98 Å². The van der Waals surface area contributed by atoms with E-state index in [9.17, 15) is 9.59 Å². The van der Waals surface area contributed by atoms with Crippen molar-refractivity contribution in [3.63, 3.8) is 0 Å². The van der Waals surface area contributed by atoms with Gasteiger partial charge in [-0.25, -0.2) is 4.79 Å². The highest BCUT2D eigenvalue weighted by Crippen LogP contribution is 2.52. The molecule has 3 heterocycles. The van der Waals surface area contributed by atoms with Crippen molar-refractivity contribution in [3.05, 3.63) is 32.6 Å². The average Bonchev–Trinajstić information content (AvgIpc) is 2.72. The third-order valence-corrected chi connectivity index (χ3v) is 5.27. The molecule has 0 aliphatic carbocycles. The van der Waals surface area contributed by atoms with Gasteiger partial charge in [0.25, 0.3) is 5.56 Å². The number of nitrogens with zero attached hydrogens (tertiary/aromatic N) is 1. The summed E-state index contributed by atoms with van der Waals surface area (Å²) in [4.78, 5) is 25.8. The Morgan fingerprint density at radius 3 is 2.80 bits per heavy atom. The van der Waals surface area contributed by atoms with Crippen LogP contribution in [0.5, 0.6) is 0 Å². The lowest BCUT2D eigenvalue weighted by atomic mass is 10.0. The van der Waals surface area contributed by atoms with Gasteiger partial charge in [-0.2, -0.15) is 0 Å². The maximum Gasteiger partial charge on any atom is 0.329 e. The van der Waals surface area contributed by atoms with Crippen LogP contribution < -0.4 is 11.2 Å². The molecule has 0 bridgehead atoms. The fraction of sp³-hybridized carbons (Fsp3) is 0.692. The second kappa shape index (κ2) is 4.22. The highest BCUT2D eigenvalue weighted by atomic mass is 32.2. The van der Waals surface area contributed by atoms with Crippen LogP contribution in [0.1, 0.15) is 31.7 Å². The number of hydrogen-bond acceptors (Lipinski definition) is 5. The van der Waals surface area contributed by atoms with E-state index in [0.717, 1.165) is 5.75 Å². The fourth-order valence-electron chi connectivity index (χ4n) is 2.89. The first kappa shape index (κ1) is 13.9. The van der Waals surface area contributed by atoms with Crippen molar-refractivity contribution < 1.29 is 9.47 Å². The first-order valence-corrected chi connectivity index (χ1v) is 7.58. The van der Waals surface area contributed by atoms with Crippen molar-refractivity contribution in [2.75, 3.05) is 5.75 Å². The number of hydrogen-bond donors (Lipinski definition) is 1. The highest BCUT2D eigenvalue weighted by Gasteiger charge is 2.58. The summed E-state index contributed by atoms with van der Waals surface area (Å²) in [6.45, 7) is 7.44. The zero-order valence-corrected chi connectivity index (χ0v) is 12.7. The molecule has 1 aromatic heterocycles. The minimum absolute atomic E-state index is 0.190. The summed E-state index contributed by atoms with van der Waals surface area (Å²) >= 11 is 1.61. The van der Waals surface area contributed by atoms with E-state index in [1.54, 1.807) is 29.4 Å². The van der Waals surface area contributed by atoms with Gasteiger partial charge in [0, 0.05) is 17.5 Å². The Labute approximate surface area is 120 Å². The first-order valence-electron chi connectivity index (χ1n) is 6.53. The lowest BCUT2D eigenvalue weighted by molar-refractivity contribution is -0.158. The molecule has 110 valence electrons. The second-order valence-corrected chi connectivity index (χ2v) is 7.14. The van der Waals surface area contributed by atoms with E-state index in [1.807, 2.05) is 20.8 Å².